The van der Waals surface area contributed by atoms with Crippen LogP contribution in [-0.2, 0) is 17.8 Å². The summed E-state index contributed by atoms with van der Waals surface area (Å²) in [5.74, 6) is -1.56. The maximum absolute atomic E-state index is 13.6. The molecule has 0 saturated heterocycles. The third-order valence-corrected chi connectivity index (χ3v) is 5.98. The minimum absolute atomic E-state index is 0.0206. The quantitative estimate of drug-likeness (QED) is 0.420. The number of amides is 1. The Labute approximate surface area is 190 Å². The number of ketones is 1. The summed E-state index contributed by atoms with van der Waals surface area (Å²) in [5.41, 5.74) is 3.27. The van der Waals surface area contributed by atoms with Crippen molar-refractivity contribution in [1.29, 1.82) is 0 Å². The third-order valence-electron chi connectivity index (χ3n) is 5.98. The Bertz CT molecular complexity index is 1340. The first-order chi connectivity index (χ1) is 16.1. The summed E-state index contributed by atoms with van der Waals surface area (Å²) in [6.45, 7) is 2.26. The van der Waals surface area contributed by atoms with E-state index in [1.807, 2.05) is 48.5 Å². The number of fused-ring (bicyclic) bond motifs is 1. The van der Waals surface area contributed by atoms with Gasteiger partial charge in [-0.1, -0.05) is 55.5 Å². The van der Waals surface area contributed by atoms with Crippen molar-refractivity contribution in [2.45, 2.75) is 25.9 Å². The number of furan rings is 1. The van der Waals surface area contributed by atoms with Crippen LogP contribution < -0.4 is 0 Å². The van der Waals surface area contributed by atoms with E-state index in [1.165, 1.54) is 4.90 Å². The van der Waals surface area contributed by atoms with E-state index in [2.05, 4.69) is 11.9 Å². The number of aliphatic hydroxyl groups excluding tert-OH is 1. The lowest BCUT2D eigenvalue weighted by molar-refractivity contribution is -0.130. The molecule has 164 valence electrons. The topological polar surface area (TPSA) is 83.6 Å². The standard InChI is InChI=1S/C27H22N2O4/c1-2-17-9-11-19(12-10-17)24-23(25(30)22-14-20-7-3-4-8-21(20)33-22)26(31)27(32)29(24)16-18-6-5-13-28-15-18/h3-15,24,31H,2,16H2,1H3. The van der Waals surface area contributed by atoms with Crippen molar-refractivity contribution in [3.8, 4) is 0 Å². The maximum Gasteiger partial charge on any atom is 0.290 e. The largest absolute Gasteiger partial charge is 0.503 e. The molecule has 2 aromatic heterocycles. The molecule has 1 amide bonds. The second-order valence-electron chi connectivity index (χ2n) is 8.03. The van der Waals surface area contributed by atoms with Crippen LogP contribution >= 0.6 is 0 Å². The highest BCUT2D eigenvalue weighted by atomic mass is 16.3. The number of carbonyl (C=O) groups is 2. The van der Waals surface area contributed by atoms with Gasteiger partial charge in [0.1, 0.15) is 5.58 Å². The second kappa shape index (κ2) is 8.39. The predicted molar refractivity (Wildman–Crippen MR) is 124 cm³/mol. The Hall–Kier alpha value is -4.19. The van der Waals surface area contributed by atoms with E-state index in [4.69, 9.17) is 4.42 Å². The number of benzene rings is 2. The Morgan fingerprint density at radius 3 is 2.55 bits per heavy atom. The molecule has 0 saturated carbocycles. The highest BCUT2D eigenvalue weighted by Crippen LogP contribution is 2.40. The smallest absolute Gasteiger partial charge is 0.290 e. The van der Waals surface area contributed by atoms with E-state index in [1.54, 1.807) is 30.6 Å². The number of aliphatic hydroxyl groups is 1. The number of carbonyl (C=O) groups excluding carboxylic acids is 2. The lowest BCUT2D eigenvalue weighted by Crippen LogP contribution is -2.30. The SMILES string of the molecule is CCc1ccc(C2C(C(=O)c3cc4ccccc4o3)=C(O)C(=O)N2Cc2cccnc2)cc1. The summed E-state index contributed by atoms with van der Waals surface area (Å²) in [5, 5.41) is 11.6. The van der Waals surface area contributed by atoms with Crippen molar-refractivity contribution >= 4 is 22.7 Å². The molecule has 4 aromatic rings. The van der Waals surface area contributed by atoms with E-state index < -0.39 is 23.5 Å². The number of aromatic nitrogens is 1. The second-order valence-corrected chi connectivity index (χ2v) is 8.03. The average molecular weight is 438 g/mol. The lowest BCUT2D eigenvalue weighted by atomic mass is 9.94. The highest BCUT2D eigenvalue weighted by molar-refractivity contribution is 6.16. The van der Waals surface area contributed by atoms with Gasteiger partial charge < -0.3 is 14.4 Å². The number of para-hydroxylation sites is 1. The third kappa shape index (κ3) is 3.69. The van der Waals surface area contributed by atoms with E-state index >= 15 is 0 Å². The van der Waals surface area contributed by atoms with Gasteiger partial charge in [-0.2, -0.15) is 0 Å². The van der Waals surface area contributed by atoms with Gasteiger partial charge in [0, 0.05) is 24.3 Å². The molecule has 0 aliphatic carbocycles. The molecular weight excluding hydrogens is 416 g/mol. The Morgan fingerprint density at radius 1 is 1.06 bits per heavy atom. The first kappa shape index (κ1) is 20.7. The van der Waals surface area contributed by atoms with Crippen LogP contribution in [0.1, 0.15) is 40.2 Å². The van der Waals surface area contributed by atoms with Gasteiger partial charge >= 0.3 is 0 Å². The van der Waals surface area contributed by atoms with Gasteiger partial charge in [0.15, 0.2) is 11.5 Å². The van der Waals surface area contributed by atoms with Gasteiger partial charge in [-0.15, -0.1) is 0 Å². The van der Waals surface area contributed by atoms with Gasteiger partial charge in [-0.3, -0.25) is 14.6 Å². The fraction of sp³-hybridized carbons (Fsp3) is 0.148. The first-order valence-electron chi connectivity index (χ1n) is 10.8. The Kier molecular flexibility index (Phi) is 5.26. The van der Waals surface area contributed by atoms with Crippen LogP contribution in [0.25, 0.3) is 11.0 Å². The van der Waals surface area contributed by atoms with Crippen LogP contribution in [0, 0.1) is 0 Å². The normalized spacial score (nSPS) is 16.1. The minimum atomic E-state index is -0.746. The molecule has 2 aromatic carbocycles. The summed E-state index contributed by atoms with van der Waals surface area (Å²) >= 11 is 0. The summed E-state index contributed by atoms with van der Waals surface area (Å²) in [7, 11) is 0. The molecule has 3 heterocycles. The number of pyridine rings is 1. The molecule has 1 N–H and O–H groups in total. The Morgan fingerprint density at radius 2 is 1.85 bits per heavy atom. The monoisotopic (exact) mass is 438 g/mol. The molecular formula is C27H22N2O4. The van der Waals surface area contributed by atoms with Gasteiger partial charge in [0.25, 0.3) is 5.91 Å². The zero-order valence-electron chi connectivity index (χ0n) is 18.1. The van der Waals surface area contributed by atoms with Gasteiger partial charge in [-0.25, -0.2) is 0 Å². The van der Waals surface area contributed by atoms with Crippen molar-refractivity contribution in [1.82, 2.24) is 9.88 Å². The number of hydrogen-bond acceptors (Lipinski definition) is 5. The van der Waals surface area contributed by atoms with Crippen LogP contribution in [0.3, 0.4) is 0 Å². The zero-order chi connectivity index (χ0) is 22.9. The fourth-order valence-electron chi connectivity index (χ4n) is 4.25. The molecule has 0 bridgehead atoms. The molecule has 5 rings (SSSR count). The number of nitrogens with zero attached hydrogens (tertiary/aromatic N) is 2. The molecule has 1 aliphatic rings. The minimum Gasteiger partial charge on any atom is -0.503 e. The van der Waals surface area contributed by atoms with Crippen molar-refractivity contribution in [2.75, 3.05) is 0 Å². The summed E-state index contributed by atoms with van der Waals surface area (Å²) in [4.78, 5) is 32.3. The van der Waals surface area contributed by atoms with E-state index in [-0.39, 0.29) is 17.9 Å². The number of aryl methyl sites for hydroxylation is 1. The molecule has 0 radical (unpaired) electrons. The van der Waals surface area contributed by atoms with Crippen molar-refractivity contribution in [3.05, 3.63) is 113 Å². The first-order valence-corrected chi connectivity index (χ1v) is 10.8. The molecule has 6 nitrogen and oxygen atoms in total. The lowest BCUT2D eigenvalue weighted by Gasteiger charge is -2.26. The maximum atomic E-state index is 13.6. The molecule has 1 aliphatic heterocycles. The van der Waals surface area contributed by atoms with E-state index in [0.29, 0.717) is 5.58 Å². The molecule has 1 atom stereocenters. The molecule has 1 unspecified atom stereocenters. The van der Waals surface area contributed by atoms with Gasteiger partial charge in [0.05, 0.1) is 11.6 Å². The predicted octanol–water partition coefficient (Wildman–Crippen LogP) is 5.17. The summed E-state index contributed by atoms with van der Waals surface area (Å²) in [6.07, 6.45) is 4.19. The molecule has 0 spiro atoms. The molecule has 0 fully saturated rings. The van der Waals surface area contributed by atoms with Crippen LogP contribution in [0.2, 0.25) is 0 Å². The molecule has 33 heavy (non-hydrogen) atoms. The highest BCUT2D eigenvalue weighted by Gasteiger charge is 2.44. The van der Waals surface area contributed by atoms with Crippen molar-refractivity contribution in [2.24, 2.45) is 0 Å². The van der Waals surface area contributed by atoms with Crippen LogP contribution in [0.15, 0.2) is 94.9 Å². The summed E-state index contributed by atoms with van der Waals surface area (Å²) < 4.78 is 5.77. The van der Waals surface area contributed by atoms with Gasteiger partial charge in [0.2, 0.25) is 5.78 Å². The van der Waals surface area contributed by atoms with Gasteiger partial charge in [-0.05, 0) is 41.3 Å². The summed E-state index contributed by atoms with van der Waals surface area (Å²) in [6, 6.07) is 19.6. The molecule has 6 heteroatoms. The zero-order valence-corrected chi connectivity index (χ0v) is 18.1. The number of hydrogen-bond donors (Lipinski definition) is 1. The van der Waals surface area contributed by atoms with E-state index in [9.17, 15) is 14.7 Å². The Balaban J connectivity index is 1.59. The number of rotatable bonds is 6. The number of Topliss-reactive ketones (excluding diaryl/α,β-unsaturated/α-hetero) is 1. The average Bonchev–Trinajstić information content (AvgIpc) is 3.39. The van der Waals surface area contributed by atoms with Crippen LogP contribution in [0.4, 0.5) is 0 Å². The van der Waals surface area contributed by atoms with Crippen LogP contribution in [-0.4, -0.2) is 26.7 Å². The van der Waals surface area contributed by atoms with Crippen LogP contribution in [0.5, 0.6) is 0 Å². The fourth-order valence-corrected chi connectivity index (χ4v) is 4.25. The van der Waals surface area contributed by atoms with Crippen molar-refractivity contribution in [3.63, 3.8) is 0 Å². The van der Waals surface area contributed by atoms with E-state index in [0.717, 1.165) is 28.5 Å². The van der Waals surface area contributed by atoms with Crippen molar-refractivity contribution < 1.29 is 19.1 Å².